The van der Waals surface area contributed by atoms with Crippen molar-refractivity contribution < 1.29 is 131 Å². The molecule has 0 unspecified atom stereocenters. The molecule has 15 heteroatoms. The maximum atomic E-state index is 10.3. The van der Waals surface area contributed by atoms with E-state index >= 15 is 0 Å². The number of hydrogen-bond acceptors (Lipinski definition) is 8. The fourth-order valence-electron chi connectivity index (χ4n) is 0.714. The molecule has 0 rings (SSSR count). The van der Waals surface area contributed by atoms with Crippen molar-refractivity contribution in [3.05, 3.63) is 0 Å². The van der Waals surface area contributed by atoms with Crippen molar-refractivity contribution in [1.82, 2.24) is 0 Å². The van der Waals surface area contributed by atoms with Crippen molar-refractivity contribution in [2.45, 2.75) is 18.4 Å². The molecule has 0 radical (unpaired) electrons. The van der Waals surface area contributed by atoms with Gasteiger partial charge in [0.2, 0.25) is 0 Å². The van der Waals surface area contributed by atoms with E-state index in [0.29, 0.717) is 0 Å². The summed E-state index contributed by atoms with van der Waals surface area (Å²) in [7, 11) is -5.17. The first-order valence-electron chi connectivity index (χ1n) is 3.84. The first-order valence-corrected chi connectivity index (χ1v) is 5.17. The fourth-order valence-corrected chi connectivity index (χ4v) is 0.714. The Kier molecular flexibility index (Phi) is 23.0. The Balaban J connectivity index is -0.0000000933. The average Bonchev–Trinajstić information content (AvgIpc) is 1.95. The molecule has 0 amide bonds. The van der Waals surface area contributed by atoms with E-state index in [1.54, 1.807) is 0 Å². The molecule has 0 atom stereocenters. The summed E-state index contributed by atoms with van der Waals surface area (Å²) in [6.45, 7) is 0. The molecule has 0 saturated heterocycles. The predicted octanol–water partition coefficient (Wildman–Crippen LogP) is -8.58. The van der Waals surface area contributed by atoms with Gasteiger partial charge >= 0.3 is 77.0 Å². The van der Waals surface area contributed by atoms with Gasteiger partial charge in [-0.2, -0.15) is 0 Å². The van der Waals surface area contributed by atoms with Crippen molar-refractivity contribution in [2.75, 3.05) is 0 Å². The minimum Gasteiger partial charge on any atom is -0.759 e. The number of hydrogen-bond donors (Lipinski definition) is 4. The number of carboxylic acid groups (broad SMARTS) is 3. The van der Waals surface area contributed by atoms with Crippen LogP contribution in [0.15, 0.2) is 0 Å². The Bertz CT molecular complexity index is 412. The third-order valence-corrected chi connectivity index (χ3v) is 1.29. The molecule has 0 aliphatic heterocycles. The molecule has 0 bridgehead atoms. The Morgan fingerprint density at radius 2 is 1.10 bits per heavy atom. The molecule has 0 aromatic carbocycles. The van der Waals surface area contributed by atoms with Crippen LogP contribution in [0.25, 0.3) is 0 Å². The van der Waals surface area contributed by atoms with Gasteiger partial charge in [0.05, 0.1) is 12.8 Å². The van der Waals surface area contributed by atoms with Crippen LogP contribution in [-0.2, 0) is 44.3 Å². The standard InChI is InChI=1S/C6H8O7.2Na.H2O4S.Zn/c7-3(8)1-6(13,5(11)12)2-4(9)10;;;1-5(2,3)4;/h13H,1-2H2,(H,7,8)(H,9,10)(H,11,12);;;(H2,1,2,3,4);/q;2*+1;;/p-2. The summed E-state index contributed by atoms with van der Waals surface area (Å²) in [5, 5.41) is 33.8. The topological polar surface area (TPSA) is 212 Å². The smallest absolute Gasteiger partial charge is 0.759 e. The van der Waals surface area contributed by atoms with Crippen LogP contribution in [-0.4, -0.2) is 61.5 Å². The molecular formula is C6H8Na2O11SZn. The van der Waals surface area contributed by atoms with Gasteiger partial charge < -0.3 is 29.5 Å². The molecule has 108 valence electrons. The largest absolute Gasteiger partial charge is 1.00 e. The molecule has 11 nitrogen and oxygen atoms in total. The molecule has 0 aromatic rings. The summed E-state index contributed by atoms with van der Waals surface area (Å²) in [6, 6.07) is 0. The van der Waals surface area contributed by atoms with E-state index in [1.165, 1.54) is 0 Å². The second-order valence-corrected chi connectivity index (χ2v) is 3.70. The van der Waals surface area contributed by atoms with Gasteiger partial charge in [0, 0.05) is 29.9 Å². The number of rotatable bonds is 5. The van der Waals surface area contributed by atoms with E-state index in [1.807, 2.05) is 0 Å². The molecule has 0 aliphatic rings. The Hall–Kier alpha value is 0.863. The Morgan fingerprint density at radius 3 is 1.19 bits per heavy atom. The Labute approximate surface area is 176 Å². The normalized spacial score (nSPS) is 9.48. The van der Waals surface area contributed by atoms with Gasteiger partial charge in [-0.25, -0.2) is 4.79 Å². The van der Waals surface area contributed by atoms with Crippen LogP contribution in [0.1, 0.15) is 12.8 Å². The van der Waals surface area contributed by atoms with Crippen molar-refractivity contribution >= 4 is 28.3 Å². The van der Waals surface area contributed by atoms with Crippen LogP contribution >= 0.6 is 0 Å². The van der Waals surface area contributed by atoms with Gasteiger partial charge in [-0.1, -0.05) is 0 Å². The molecule has 0 fully saturated rings. The summed E-state index contributed by atoms with van der Waals surface area (Å²) in [6.07, 6.45) is -2.29. The fraction of sp³-hybridized carbons (Fsp3) is 0.500. The van der Waals surface area contributed by atoms with Gasteiger partial charge in [0.1, 0.15) is 0 Å². The maximum Gasteiger partial charge on any atom is 1.00 e. The molecule has 4 N–H and O–H groups in total. The van der Waals surface area contributed by atoms with Crippen molar-refractivity contribution in [3.63, 3.8) is 0 Å². The summed E-state index contributed by atoms with van der Waals surface area (Å²) in [5.74, 6) is -5.02. The summed E-state index contributed by atoms with van der Waals surface area (Å²) in [5.41, 5.74) is -2.74. The van der Waals surface area contributed by atoms with Crippen LogP contribution in [0.4, 0.5) is 0 Å². The zero-order valence-corrected chi connectivity index (χ0v) is 19.0. The zero-order chi connectivity index (χ0) is 15.1. The first-order chi connectivity index (χ1) is 7.78. The molecular weight excluding hydrogens is 391 g/mol. The van der Waals surface area contributed by atoms with Crippen molar-refractivity contribution in [1.29, 1.82) is 0 Å². The van der Waals surface area contributed by atoms with E-state index in [0.717, 1.165) is 0 Å². The van der Waals surface area contributed by atoms with Crippen molar-refractivity contribution in [2.24, 2.45) is 0 Å². The SMILES string of the molecule is O=C(O)CC(O)(CC(=O)O)C(=O)O.O=S(=O)([O-])[O-].[Na+].[Na+].[Zn]. The monoisotopic (exact) mass is 398 g/mol. The number of carbonyl (C=O) groups is 3. The van der Waals surface area contributed by atoms with Gasteiger partial charge in [-0.3, -0.25) is 18.0 Å². The second-order valence-electron chi connectivity index (χ2n) is 2.89. The molecule has 21 heavy (non-hydrogen) atoms. The number of aliphatic hydroxyl groups is 1. The molecule has 0 saturated carbocycles. The van der Waals surface area contributed by atoms with E-state index in [2.05, 4.69) is 0 Å². The maximum absolute atomic E-state index is 10.3. The number of carboxylic acids is 3. The zero-order valence-electron chi connectivity index (χ0n) is 11.2. The first kappa shape index (κ1) is 33.5. The van der Waals surface area contributed by atoms with Crippen LogP contribution in [0.2, 0.25) is 0 Å². The van der Waals surface area contributed by atoms with E-state index < -0.39 is 46.7 Å². The quantitative estimate of drug-likeness (QED) is 0.193. The van der Waals surface area contributed by atoms with Gasteiger partial charge in [-0.05, 0) is 0 Å². The Morgan fingerprint density at radius 1 is 0.905 bits per heavy atom. The van der Waals surface area contributed by atoms with Crippen LogP contribution in [0, 0.1) is 0 Å². The molecule has 0 heterocycles. The van der Waals surface area contributed by atoms with Gasteiger partial charge in [0.15, 0.2) is 5.60 Å². The molecule has 0 aliphatic carbocycles. The van der Waals surface area contributed by atoms with Crippen molar-refractivity contribution in [3.8, 4) is 0 Å². The third-order valence-electron chi connectivity index (χ3n) is 1.29. The van der Waals surface area contributed by atoms with Gasteiger partial charge in [0.25, 0.3) is 0 Å². The molecule has 0 spiro atoms. The van der Waals surface area contributed by atoms with Crippen LogP contribution in [0.5, 0.6) is 0 Å². The van der Waals surface area contributed by atoms with E-state index in [-0.39, 0.29) is 78.6 Å². The predicted molar refractivity (Wildman–Crippen MR) is 47.6 cm³/mol. The average molecular weight is 400 g/mol. The summed E-state index contributed by atoms with van der Waals surface area (Å²) in [4.78, 5) is 30.5. The van der Waals surface area contributed by atoms with E-state index in [4.69, 9.17) is 37.9 Å². The number of aliphatic carboxylic acids is 3. The second kappa shape index (κ2) is 14.5. The minimum atomic E-state index is -5.17. The van der Waals surface area contributed by atoms with Crippen LogP contribution in [0.3, 0.4) is 0 Å². The summed E-state index contributed by atoms with van der Waals surface area (Å²) < 4.78 is 34.1. The van der Waals surface area contributed by atoms with Gasteiger partial charge in [-0.15, -0.1) is 0 Å². The van der Waals surface area contributed by atoms with E-state index in [9.17, 15) is 14.4 Å². The van der Waals surface area contributed by atoms with Crippen LogP contribution < -0.4 is 59.1 Å². The third kappa shape index (κ3) is 26.1. The summed E-state index contributed by atoms with van der Waals surface area (Å²) >= 11 is 0. The molecule has 0 aromatic heterocycles. The minimum absolute atomic E-state index is 0.